The maximum Gasteiger partial charge on any atom is 0.315 e. The number of nitriles is 1. The first kappa shape index (κ1) is 15.9. The molecule has 3 N–H and O–H groups in total. The number of hydrogen-bond acceptors (Lipinski definition) is 3. The average Bonchev–Trinajstić information content (AvgIpc) is 2.46. The summed E-state index contributed by atoms with van der Waals surface area (Å²) in [4.78, 5) is 11.5. The molecule has 1 aromatic rings. The van der Waals surface area contributed by atoms with Gasteiger partial charge in [0.1, 0.15) is 5.82 Å². The molecule has 1 unspecified atom stereocenters. The molecule has 1 atom stereocenters. The Balaban J connectivity index is 2.39. The number of benzene rings is 1. The van der Waals surface area contributed by atoms with Crippen LogP contribution >= 0.6 is 0 Å². The van der Waals surface area contributed by atoms with Crippen molar-refractivity contribution in [2.45, 2.75) is 32.4 Å². The highest BCUT2D eigenvalue weighted by molar-refractivity contribution is 5.73. The van der Waals surface area contributed by atoms with Crippen LogP contribution in [0.5, 0.6) is 0 Å². The van der Waals surface area contributed by atoms with Gasteiger partial charge < -0.3 is 15.7 Å². The molecule has 0 saturated carbocycles. The van der Waals surface area contributed by atoms with E-state index in [-0.39, 0.29) is 12.1 Å². The van der Waals surface area contributed by atoms with Gasteiger partial charge in [0.25, 0.3) is 0 Å². The Morgan fingerprint density at radius 1 is 1.50 bits per heavy atom. The Kier molecular flexibility index (Phi) is 6.47. The van der Waals surface area contributed by atoms with Crippen molar-refractivity contribution in [2.75, 3.05) is 6.54 Å². The van der Waals surface area contributed by atoms with Gasteiger partial charge in [0, 0.05) is 18.7 Å². The first-order valence-electron chi connectivity index (χ1n) is 6.45. The first-order chi connectivity index (χ1) is 9.56. The summed E-state index contributed by atoms with van der Waals surface area (Å²) < 4.78 is 13.4. The predicted molar refractivity (Wildman–Crippen MR) is 72.3 cm³/mol. The molecular formula is C14H18FN3O2. The number of rotatable bonds is 6. The summed E-state index contributed by atoms with van der Waals surface area (Å²) in [6, 6.07) is 5.46. The number of nitrogens with zero attached hydrogens (tertiary/aromatic N) is 1. The summed E-state index contributed by atoms with van der Waals surface area (Å²) in [5, 5.41) is 23.1. The number of amides is 2. The van der Waals surface area contributed by atoms with Crippen LogP contribution in [0.15, 0.2) is 18.2 Å². The molecule has 108 valence electrons. The summed E-state index contributed by atoms with van der Waals surface area (Å²) in [7, 11) is 0. The van der Waals surface area contributed by atoms with Gasteiger partial charge in [0.2, 0.25) is 0 Å². The first-order valence-corrected chi connectivity index (χ1v) is 6.45. The van der Waals surface area contributed by atoms with Crippen molar-refractivity contribution in [1.29, 1.82) is 5.26 Å². The number of aliphatic hydroxyl groups excluding tert-OH is 1. The normalized spacial score (nSPS) is 11.5. The number of urea groups is 1. The molecule has 5 nitrogen and oxygen atoms in total. The van der Waals surface area contributed by atoms with Crippen LogP contribution < -0.4 is 10.6 Å². The zero-order valence-corrected chi connectivity index (χ0v) is 11.3. The van der Waals surface area contributed by atoms with E-state index in [1.165, 1.54) is 18.2 Å². The number of aliphatic hydroxyl groups is 1. The molecule has 0 spiro atoms. The largest absolute Gasteiger partial charge is 0.393 e. The lowest BCUT2D eigenvalue weighted by molar-refractivity contribution is 0.160. The van der Waals surface area contributed by atoms with E-state index in [2.05, 4.69) is 10.6 Å². The van der Waals surface area contributed by atoms with Crippen LogP contribution in [0, 0.1) is 17.1 Å². The van der Waals surface area contributed by atoms with Gasteiger partial charge in [0.05, 0.1) is 17.7 Å². The minimum atomic E-state index is -0.467. The van der Waals surface area contributed by atoms with Crippen LogP contribution in [0.25, 0.3) is 0 Å². The van der Waals surface area contributed by atoms with Gasteiger partial charge >= 0.3 is 6.03 Å². The molecule has 0 fully saturated rings. The number of carbonyl (C=O) groups excluding carboxylic acids is 1. The number of carbonyl (C=O) groups is 1. The van der Waals surface area contributed by atoms with E-state index in [1.807, 2.05) is 13.0 Å². The Hall–Kier alpha value is -2.13. The van der Waals surface area contributed by atoms with E-state index >= 15 is 0 Å². The fraction of sp³-hybridized carbons (Fsp3) is 0.429. The van der Waals surface area contributed by atoms with E-state index in [1.54, 1.807) is 0 Å². The van der Waals surface area contributed by atoms with Crippen molar-refractivity contribution in [3.05, 3.63) is 35.1 Å². The topological polar surface area (TPSA) is 85.2 Å². The van der Waals surface area contributed by atoms with Crippen LogP contribution in [-0.4, -0.2) is 23.8 Å². The smallest absolute Gasteiger partial charge is 0.315 e. The van der Waals surface area contributed by atoms with Gasteiger partial charge in [-0.3, -0.25) is 0 Å². The maximum atomic E-state index is 13.4. The fourth-order valence-corrected chi connectivity index (χ4v) is 1.57. The van der Waals surface area contributed by atoms with Gasteiger partial charge in [-0.15, -0.1) is 0 Å². The SMILES string of the molecule is CCC(O)CCNC(=O)NCc1cc(C#N)ccc1F. The van der Waals surface area contributed by atoms with Crippen molar-refractivity contribution in [2.24, 2.45) is 0 Å². The number of nitrogens with one attached hydrogen (secondary N) is 2. The molecule has 0 heterocycles. The quantitative estimate of drug-likeness (QED) is 0.740. The van der Waals surface area contributed by atoms with Crippen molar-refractivity contribution in [3.8, 4) is 6.07 Å². The van der Waals surface area contributed by atoms with Crippen LogP contribution in [0.3, 0.4) is 0 Å². The number of hydrogen-bond donors (Lipinski definition) is 3. The lowest BCUT2D eigenvalue weighted by Crippen LogP contribution is -2.36. The predicted octanol–water partition coefficient (Wildman–Crippen LogP) is 1.66. The van der Waals surface area contributed by atoms with Crippen LogP contribution in [0.2, 0.25) is 0 Å². The summed E-state index contributed by atoms with van der Waals surface area (Å²) in [6.45, 7) is 2.21. The van der Waals surface area contributed by atoms with Crippen molar-refractivity contribution in [3.63, 3.8) is 0 Å². The minimum absolute atomic E-state index is 0.00349. The summed E-state index contributed by atoms with van der Waals surface area (Å²) in [5.41, 5.74) is 0.600. The van der Waals surface area contributed by atoms with Gasteiger partial charge in [-0.1, -0.05) is 6.92 Å². The van der Waals surface area contributed by atoms with E-state index < -0.39 is 18.0 Å². The average molecular weight is 279 g/mol. The van der Waals surface area contributed by atoms with Crippen molar-refractivity contribution < 1.29 is 14.3 Å². The third-order valence-electron chi connectivity index (χ3n) is 2.85. The van der Waals surface area contributed by atoms with Gasteiger partial charge in [-0.2, -0.15) is 5.26 Å². The highest BCUT2D eigenvalue weighted by Gasteiger charge is 2.07. The molecule has 6 heteroatoms. The monoisotopic (exact) mass is 279 g/mol. The summed E-state index contributed by atoms with van der Waals surface area (Å²) >= 11 is 0. The molecular weight excluding hydrogens is 261 g/mol. The lowest BCUT2D eigenvalue weighted by Gasteiger charge is -2.10. The molecule has 0 aliphatic heterocycles. The minimum Gasteiger partial charge on any atom is -0.393 e. The van der Waals surface area contributed by atoms with E-state index in [4.69, 9.17) is 5.26 Å². The third-order valence-corrected chi connectivity index (χ3v) is 2.85. The zero-order valence-electron chi connectivity index (χ0n) is 11.3. The summed E-state index contributed by atoms with van der Waals surface area (Å²) in [6.07, 6.45) is 0.678. The lowest BCUT2D eigenvalue weighted by atomic mass is 10.1. The second kappa shape index (κ2) is 8.12. The molecule has 0 aliphatic rings. The molecule has 0 aromatic heterocycles. The standard InChI is InChI=1S/C14H18FN3O2/c1-2-12(19)5-6-17-14(20)18-9-11-7-10(8-16)3-4-13(11)15/h3-4,7,12,19H,2,5-6,9H2,1H3,(H2,17,18,20). The van der Waals surface area contributed by atoms with Crippen LogP contribution in [0.4, 0.5) is 9.18 Å². The van der Waals surface area contributed by atoms with Crippen LogP contribution in [0.1, 0.15) is 30.9 Å². The Labute approximate surface area is 117 Å². The van der Waals surface area contributed by atoms with E-state index in [0.29, 0.717) is 24.9 Å². The summed E-state index contributed by atoms with van der Waals surface area (Å²) in [5.74, 6) is -0.467. The van der Waals surface area contributed by atoms with Crippen LogP contribution in [-0.2, 0) is 6.54 Å². The molecule has 1 aromatic carbocycles. The maximum absolute atomic E-state index is 13.4. The highest BCUT2D eigenvalue weighted by atomic mass is 19.1. The molecule has 0 bridgehead atoms. The van der Waals surface area contributed by atoms with Crippen molar-refractivity contribution in [1.82, 2.24) is 10.6 Å². The van der Waals surface area contributed by atoms with Crippen molar-refractivity contribution >= 4 is 6.03 Å². The molecule has 0 aliphatic carbocycles. The van der Waals surface area contributed by atoms with E-state index in [9.17, 15) is 14.3 Å². The second-order valence-electron chi connectivity index (χ2n) is 4.38. The zero-order chi connectivity index (χ0) is 15.0. The van der Waals surface area contributed by atoms with Gasteiger partial charge in [-0.05, 0) is 31.0 Å². The highest BCUT2D eigenvalue weighted by Crippen LogP contribution is 2.09. The molecule has 0 radical (unpaired) electrons. The Morgan fingerprint density at radius 3 is 2.90 bits per heavy atom. The molecule has 1 rings (SSSR count). The fourth-order valence-electron chi connectivity index (χ4n) is 1.57. The number of halogens is 1. The molecule has 0 saturated heterocycles. The second-order valence-corrected chi connectivity index (χ2v) is 4.38. The Bertz CT molecular complexity index is 500. The van der Waals surface area contributed by atoms with E-state index in [0.717, 1.165) is 0 Å². The van der Waals surface area contributed by atoms with Gasteiger partial charge in [-0.25, -0.2) is 9.18 Å². The third kappa shape index (κ3) is 5.24. The Morgan fingerprint density at radius 2 is 2.25 bits per heavy atom. The van der Waals surface area contributed by atoms with Gasteiger partial charge in [0.15, 0.2) is 0 Å². The molecule has 20 heavy (non-hydrogen) atoms. The molecule has 2 amide bonds.